The number of aryl methyl sites for hydroxylation is 1. The third-order valence-electron chi connectivity index (χ3n) is 4.47. The van der Waals surface area contributed by atoms with Crippen molar-refractivity contribution in [2.45, 2.75) is 32.2 Å². The summed E-state index contributed by atoms with van der Waals surface area (Å²) in [6.45, 7) is 4.58. The number of carbonyl (C=O) groups is 1. The van der Waals surface area contributed by atoms with Gasteiger partial charge in [-0.25, -0.2) is 4.98 Å². The number of benzene rings is 1. The maximum absolute atomic E-state index is 12.4. The molecule has 1 aliphatic rings. The molecule has 0 bridgehead atoms. The zero-order chi connectivity index (χ0) is 16.9. The van der Waals surface area contributed by atoms with Gasteiger partial charge in [0.05, 0.1) is 6.04 Å². The first kappa shape index (κ1) is 17.0. The van der Waals surface area contributed by atoms with Crippen LogP contribution in [0.5, 0.6) is 0 Å². The average Bonchev–Trinajstić information content (AvgIpc) is 3.27. The molecule has 1 amide bonds. The first-order valence-electron chi connectivity index (χ1n) is 8.39. The third-order valence-corrected chi connectivity index (χ3v) is 4.72. The van der Waals surface area contributed by atoms with Crippen molar-refractivity contribution in [1.82, 2.24) is 15.2 Å². The SMILES string of the molecule is CCc1ocnc1C(=O)NCC(c1ccc(Cl)cc1)N1CCCC1. The summed E-state index contributed by atoms with van der Waals surface area (Å²) in [7, 11) is 0. The minimum Gasteiger partial charge on any atom is -0.448 e. The number of rotatable bonds is 6. The molecule has 2 aromatic rings. The lowest BCUT2D eigenvalue weighted by Gasteiger charge is -2.28. The molecule has 1 aromatic carbocycles. The summed E-state index contributed by atoms with van der Waals surface area (Å²) in [5, 5.41) is 3.73. The van der Waals surface area contributed by atoms with Crippen LogP contribution in [0.3, 0.4) is 0 Å². The topological polar surface area (TPSA) is 58.4 Å². The Bertz CT molecular complexity index is 678. The van der Waals surface area contributed by atoms with Gasteiger partial charge in [0.15, 0.2) is 12.1 Å². The van der Waals surface area contributed by atoms with Gasteiger partial charge >= 0.3 is 0 Å². The molecule has 2 heterocycles. The number of amides is 1. The highest BCUT2D eigenvalue weighted by Crippen LogP contribution is 2.25. The van der Waals surface area contributed by atoms with E-state index in [2.05, 4.69) is 15.2 Å². The van der Waals surface area contributed by atoms with Gasteiger partial charge in [0, 0.05) is 18.0 Å². The summed E-state index contributed by atoms with van der Waals surface area (Å²) >= 11 is 6.00. The van der Waals surface area contributed by atoms with Crippen molar-refractivity contribution in [2.24, 2.45) is 0 Å². The van der Waals surface area contributed by atoms with E-state index in [9.17, 15) is 4.79 Å². The summed E-state index contributed by atoms with van der Waals surface area (Å²) in [5.74, 6) is 0.440. The summed E-state index contributed by atoms with van der Waals surface area (Å²) < 4.78 is 5.24. The van der Waals surface area contributed by atoms with Crippen LogP contribution in [0.1, 0.15) is 47.6 Å². The van der Waals surface area contributed by atoms with E-state index in [1.54, 1.807) is 0 Å². The van der Waals surface area contributed by atoms with Crippen LogP contribution in [0, 0.1) is 0 Å². The molecule has 0 saturated carbocycles. The lowest BCUT2D eigenvalue weighted by Crippen LogP contribution is -2.37. The zero-order valence-corrected chi connectivity index (χ0v) is 14.6. The minimum atomic E-state index is -0.182. The molecule has 5 nitrogen and oxygen atoms in total. The highest BCUT2D eigenvalue weighted by Gasteiger charge is 2.25. The maximum Gasteiger partial charge on any atom is 0.273 e. The van der Waals surface area contributed by atoms with E-state index >= 15 is 0 Å². The molecule has 1 N–H and O–H groups in total. The number of carbonyl (C=O) groups excluding carboxylic acids is 1. The van der Waals surface area contributed by atoms with Gasteiger partial charge < -0.3 is 9.73 Å². The molecule has 128 valence electrons. The number of hydrogen-bond donors (Lipinski definition) is 1. The lowest BCUT2D eigenvalue weighted by molar-refractivity contribution is 0.0931. The second kappa shape index (κ2) is 7.81. The quantitative estimate of drug-likeness (QED) is 0.869. The molecule has 1 unspecified atom stereocenters. The first-order valence-corrected chi connectivity index (χ1v) is 8.77. The Kier molecular flexibility index (Phi) is 5.53. The predicted octanol–water partition coefficient (Wildman–Crippen LogP) is 3.46. The van der Waals surface area contributed by atoms with Crippen molar-refractivity contribution in [3.63, 3.8) is 0 Å². The van der Waals surface area contributed by atoms with Crippen LogP contribution < -0.4 is 5.32 Å². The number of nitrogens with one attached hydrogen (secondary N) is 1. The highest BCUT2D eigenvalue weighted by atomic mass is 35.5. The van der Waals surface area contributed by atoms with E-state index in [-0.39, 0.29) is 11.9 Å². The standard InChI is InChI=1S/C18H22ClN3O2/c1-2-16-17(21-12-24-16)18(23)20-11-15(22-9-3-4-10-22)13-5-7-14(19)8-6-13/h5-8,12,15H,2-4,9-11H2,1H3,(H,20,23). The minimum absolute atomic E-state index is 0.144. The molecular formula is C18H22ClN3O2. The van der Waals surface area contributed by atoms with Gasteiger partial charge in [-0.05, 0) is 43.6 Å². The van der Waals surface area contributed by atoms with Gasteiger partial charge in [-0.15, -0.1) is 0 Å². The van der Waals surface area contributed by atoms with E-state index in [0.717, 1.165) is 23.7 Å². The van der Waals surface area contributed by atoms with Crippen molar-refractivity contribution < 1.29 is 9.21 Å². The number of nitrogens with zero attached hydrogens (tertiary/aromatic N) is 2. The molecule has 1 saturated heterocycles. The van der Waals surface area contributed by atoms with Crippen molar-refractivity contribution in [3.05, 3.63) is 52.7 Å². The Morgan fingerprint density at radius 2 is 2.04 bits per heavy atom. The van der Waals surface area contributed by atoms with Crippen LogP contribution in [0.2, 0.25) is 5.02 Å². The van der Waals surface area contributed by atoms with Crippen molar-refractivity contribution in [3.8, 4) is 0 Å². The fourth-order valence-corrected chi connectivity index (χ4v) is 3.30. The molecule has 24 heavy (non-hydrogen) atoms. The third kappa shape index (κ3) is 3.79. The molecule has 0 radical (unpaired) electrons. The Balaban J connectivity index is 1.72. The Morgan fingerprint density at radius 3 is 2.71 bits per heavy atom. The Labute approximate surface area is 147 Å². The Morgan fingerprint density at radius 1 is 1.33 bits per heavy atom. The van der Waals surface area contributed by atoms with Gasteiger partial charge in [-0.1, -0.05) is 30.7 Å². The van der Waals surface area contributed by atoms with Gasteiger partial charge in [0.2, 0.25) is 0 Å². The second-order valence-corrected chi connectivity index (χ2v) is 6.43. The fourth-order valence-electron chi connectivity index (χ4n) is 3.18. The molecular weight excluding hydrogens is 326 g/mol. The van der Waals surface area contributed by atoms with Crippen molar-refractivity contribution in [2.75, 3.05) is 19.6 Å². The molecule has 1 aliphatic heterocycles. The smallest absolute Gasteiger partial charge is 0.273 e. The number of likely N-dealkylation sites (tertiary alicyclic amines) is 1. The molecule has 0 spiro atoms. The highest BCUT2D eigenvalue weighted by molar-refractivity contribution is 6.30. The first-order chi connectivity index (χ1) is 11.7. The van der Waals surface area contributed by atoms with Gasteiger partial charge in [-0.3, -0.25) is 9.69 Å². The van der Waals surface area contributed by atoms with Crippen LogP contribution in [0.25, 0.3) is 0 Å². The summed E-state index contributed by atoms with van der Waals surface area (Å²) in [4.78, 5) is 18.9. The summed E-state index contributed by atoms with van der Waals surface area (Å²) in [5.41, 5.74) is 1.55. The summed E-state index contributed by atoms with van der Waals surface area (Å²) in [6.07, 6.45) is 4.36. The zero-order valence-electron chi connectivity index (χ0n) is 13.8. The Hall–Kier alpha value is -1.85. The number of oxazole rings is 1. The normalized spacial score (nSPS) is 16.2. The van der Waals surface area contributed by atoms with Crippen LogP contribution in [0.15, 0.2) is 35.1 Å². The van der Waals surface area contributed by atoms with E-state index in [0.29, 0.717) is 24.4 Å². The fraction of sp³-hybridized carbons (Fsp3) is 0.444. The molecule has 1 fully saturated rings. The van der Waals surface area contributed by atoms with Gasteiger partial charge in [0.1, 0.15) is 5.76 Å². The molecule has 1 aromatic heterocycles. The second-order valence-electron chi connectivity index (χ2n) is 6.00. The number of halogens is 1. The molecule has 0 aliphatic carbocycles. The van der Waals surface area contributed by atoms with Crippen molar-refractivity contribution in [1.29, 1.82) is 0 Å². The largest absolute Gasteiger partial charge is 0.448 e. The average molecular weight is 348 g/mol. The van der Waals surface area contributed by atoms with Crippen molar-refractivity contribution >= 4 is 17.5 Å². The van der Waals surface area contributed by atoms with E-state index < -0.39 is 0 Å². The van der Waals surface area contributed by atoms with E-state index in [1.165, 1.54) is 19.2 Å². The predicted molar refractivity (Wildman–Crippen MR) is 93.2 cm³/mol. The molecule has 3 rings (SSSR count). The monoisotopic (exact) mass is 347 g/mol. The van der Waals surface area contributed by atoms with Crippen LogP contribution in [0.4, 0.5) is 0 Å². The maximum atomic E-state index is 12.4. The van der Waals surface area contributed by atoms with E-state index in [1.807, 2.05) is 31.2 Å². The molecule has 1 atom stereocenters. The molecule has 6 heteroatoms. The van der Waals surface area contributed by atoms with E-state index in [4.69, 9.17) is 16.0 Å². The van der Waals surface area contributed by atoms with Crippen LogP contribution in [-0.2, 0) is 6.42 Å². The van der Waals surface area contributed by atoms with Gasteiger partial charge in [-0.2, -0.15) is 0 Å². The van der Waals surface area contributed by atoms with Gasteiger partial charge in [0.25, 0.3) is 5.91 Å². The van der Waals surface area contributed by atoms with Crippen LogP contribution in [-0.4, -0.2) is 35.4 Å². The lowest BCUT2D eigenvalue weighted by atomic mass is 10.1. The number of aromatic nitrogens is 1. The summed E-state index contributed by atoms with van der Waals surface area (Å²) in [6, 6.07) is 8.00. The van der Waals surface area contributed by atoms with Crippen LogP contribution >= 0.6 is 11.6 Å². The number of hydrogen-bond acceptors (Lipinski definition) is 4.